The molecule has 0 spiro atoms. The summed E-state index contributed by atoms with van der Waals surface area (Å²) >= 11 is 6.35. The summed E-state index contributed by atoms with van der Waals surface area (Å²) in [6.45, 7) is 3.90. The Bertz CT molecular complexity index is 517. The minimum atomic E-state index is 0.0239. The van der Waals surface area contributed by atoms with E-state index in [1.165, 1.54) is 56.1 Å². The second-order valence-electron chi connectivity index (χ2n) is 7.42. The first-order valence-electron chi connectivity index (χ1n) is 9.76. The van der Waals surface area contributed by atoms with Gasteiger partial charge in [-0.05, 0) is 67.6 Å². The molecule has 24 heavy (non-hydrogen) atoms. The maximum absolute atomic E-state index is 6.35. The molecule has 0 amide bonds. The Kier molecular flexibility index (Phi) is 6.60. The summed E-state index contributed by atoms with van der Waals surface area (Å²) in [5.41, 5.74) is 3.13. The summed E-state index contributed by atoms with van der Waals surface area (Å²) in [7, 11) is 0. The number of aryl methyl sites for hydroxylation is 1. The normalized spacial score (nSPS) is 21.8. The Labute approximate surface area is 151 Å². The van der Waals surface area contributed by atoms with Gasteiger partial charge in [-0.2, -0.15) is 0 Å². The molecule has 0 N–H and O–H groups in total. The molecule has 0 bridgehead atoms. The van der Waals surface area contributed by atoms with Crippen LogP contribution in [0.15, 0.2) is 18.2 Å². The second kappa shape index (κ2) is 8.69. The van der Waals surface area contributed by atoms with Gasteiger partial charge in [-0.25, -0.2) is 0 Å². The average molecular weight is 351 g/mol. The Morgan fingerprint density at radius 3 is 2.54 bits per heavy atom. The van der Waals surface area contributed by atoms with Crippen LogP contribution in [-0.4, -0.2) is 19.5 Å². The van der Waals surface area contributed by atoms with Gasteiger partial charge in [-0.15, -0.1) is 0 Å². The summed E-state index contributed by atoms with van der Waals surface area (Å²) in [6.07, 6.45) is 12.2. The quantitative estimate of drug-likeness (QED) is 0.622. The molecule has 1 saturated carbocycles. The first-order chi connectivity index (χ1) is 11.7. The maximum atomic E-state index is 6.35. The van der Waals surface area contributed by atoms with Crippen molar-refractivity contribution in [2.75, 3.05) is 13.2 Å². The van der Waals surface area contributed by atoms with Crippen LogP contribution in [0.4, 0.5) is 0 Å². The van der Waals surface area contributed by atoms with Crippen LogP contribution in [0.2, 0.25) is 5.02 Å². The molecule has 0 unspecified atom stereocenters. The number of ether oxygens (including phenoxy) is 2. The molecule has 1 aromatic rings. The van der Waals surface area contributed by atoms with Gasteiger partial charge in [0.2, 0.25) is 0 Å². The molecular weight excluding hydrogens is 320 g/mol. The summed E-state index contributed by atoms with van der Waals surface area (Å²) < 4.78 is 11.4. The zero-order valence-electron chi connectivity index (χ0n) is 15.0. The molecule has 1 saturated heterocycles. The third-order valence-corrected chi connectivity index (χ3v) is 6.21. The fraction of sp³-hybridized carbons (Fsp3) is 0.714. The van der Waals surface area contributed by atoms with Crippen molar-refractivity contribution >= 4 is 11.6 Å². The smallest absolute Gasteiger partial charge is 0.157 e. The van der Waals surface area contributed by atoms with Gasteiger partial charge in [0.15, 0.2) is 6.29 Å². The van der Waals surface area contributed by atoms with Crippen molar-refractivity contribution in [3.63, 3.8) is 0 Å². The number of halogens is 1. The van der Waals surface area contributed by atoms with Crippen molar-refractivity contribution in [3.8, 4) is 0 Å². The van der Waals surface area contributed by atoms with Crippen LogP contribution >= 0.6 is 11.6 Å². The molecule has 2 nitrogen and oxygen atoms in total. The van der Waals surface area contributed by atoms with E-state index in [1.54, 1.807) is 0 Å². The van der Waals surface area contributed by atoms with Crippen molar-refractivity contribution in [2.45, 2.75) is 82.8 Å². The molecule has 1 aromatic carbocycles. The van der Waals surface area contributed by atoms with Crippen LogP contribution in [-0.2, 0) is 21.3 Å². The van der Waals surface area contributed by atoms with Crippen LogP contribution in [0.5, 0.6) is 0 Å². The summed E-state index contributed by atoms with van der Waals surface area (Å²) in [5, 5.41) is 0.913. The lowest BCUT2D eigenvalue weighted by molar-refractivity contribution is -0.182. The van der Waals surface area contributed by atoms with E-state index in [0.717, 1.165) is 37.5 Å². The third kappa shape index (κ3) is 4.33. The SMILES string of the molecule is CCc1cc(C2(CCCC3OCCCO3)CCCCC2)ccc1Cl. The molecule has 2 aliphatic rings. The zero-order valence-corrected chi connectivity index (χ0v) is 15.7. The van der Waals surface area contributed by atoms with Crippen molar-refractivity contribution in [2.24, 2.45) is 0 Å². The molecule has 1 aliphatic carbocycles. The molecule has 3 rings (SSSR count). The minimum Gasteiger partial charge on any atom is -0.353 e. The van der Waals surface area contributed by atoms with Gasteiger partial charge in [-0.1, -0.05) is 49.9 Å². The third-order valence-electron chi connectivity index (χ3n) is 5.84. The van der Waals surface area contributed by atoms with Gasteiger partial charge in [-0.3, -0.25) is 0 Å². The predicted octanol–water partition coefficient (Wildman–Crippen LogP) is 6.04. The monoisotopic (exact) mass is 350 g/mol. The minimum absolute atomic E-state index is 0.0239. The summed E-state index contributed by atoms with van der Waals surface area (Å²) in [4.78, 5) is 0. The van der Waals surface area contributed by atoms with Crippen LogP contribution < -0.4 is 0 Å². The molecule has 0 atom stereocenters. The van der Waals surface area contributed by atoms with Crippen LogP contribution in [0.3, 0.4) is 0 Å². The Morgan fingerprint density at radius 1 is 1.08 bits per heavy atom. The molecule has 2 fully saturated rings. The van der Waals surface area contributed by atoms with Gasteiger partial charge >= 0.3 is 0 Å². The van der Waals surface area contributed by atoms with E-state index in [9.17, 15) is 0 Å². The maximum Gasteiger partial charge on any atom is 0.157 e. The van der Waals surface area contributed by atoms with E-state index in [4.69, 9.17) is 21.1 Å². The van der Waals surface area contributed by atoms with Crippen molar-refractivity contribution in [3.05, 3.63) is 34.3 Å². The molecule has 3 heteroatoms. The molecular formula is C21H31ClO2. The van der Waals surface area contributed by atoms with E-state index in [0.29, 0.717) is 5.41 Å². The van der Waals surface area contributed by atoms with Gasteiger partial charge in [0.1, 0.15) is 0 Å². The lowest BCUT2D eigenvalue weighted by Gasteiger charge is -2.39. The topological polar surface area (TPSA) is 18.5 Å². The molecule has 1 aliphatic heterocycles. The Morgan fingerprint density at radius 2 is 1.83 bits per heavy atom. The van der Waals surface area contributed by atoms with Gasteiger partial charge in [0, 0.05) is 5.02 Å². The standard InChI is InChI=1S/C21H31ClO2/c1-2-17-16-18(9-10-19(17)22)21(11-4-3-5-12-21)13-6-8-20-23-14-7-15-24-20/h9-10,16,20H,2-8,11-15H2,1H3. The van der Waals surface area contributed by atoms with E-state index in [2.05, 4.69) is 25.1 Å². The van der Waals surface area contributed by atoms with Crippen molar-refractivity contribution in [1.82, 2.24) is 0 Å². The fourth-order valence-electron chi connectivity index (χ4n) is 4.40. The molecule has 0 aromatic heterocycles. The summed E-state index contributed by atoms with van der Waals surface area (Å²) in [6, 6.07) is 6.76. The van der Waals surface area contributed by atoms with E-state index in [-0.39, 0.29) is 6.29 Å². The van der Waals surface area contributed by atoms with Gasteiger partial charge in [0.25, 0.3) is 0 Å². The highest BCUT2D eigenvalue weighted by atomic mass is 35.5. The predicted molar refractivity (Wildman–Crippen MR) is 99.8 cm³/mol. The number of hydrogen-bond acceptors (Lipinski definition) is 2. The number of rotatable bonds is 6. The lowest BCUT2D eigenvalue weighted by Crippen LogP contribution is -2.30. The van der Waals surface area contributed by atoms with E-state index >= 15 is 0 Å². The zero-order chi connectivity index (χ0) is 16.8. The van der Waals surface area contributed by atoms with Crippen molar-refractivity contribution in [1.29, 1.82) is 0 Å². The molecule has 1 heterocycles. The number of hydrogen-bond donors (Lipinski definition) is 0. The highest BCUT2D eigenvalue weighted by molar-refractivity contribution is 6.31. The molecule has 0 radical (unpaired) electrons. The van der Waals surface area contributed by atoms with Crippen LogP contribution in [0, 0.1) is 0 Å². The first kappa shape index (κ1) is 18.2. The summed E-state index contributed by atoms with van der Waals surface area (Å²) in [5.74, 6) is 0. The highest BCUT2D eigenvalue weighted by Crippen LogP contribution is 2.44. The first-order valence-corrected chi connectivity index (χ1v) is 10.1. The largest absolute Gasteiger partial charge is 0.353 e. The number of benzene rings is 1. The van der Waals surface area contributed by atoms with E-state index in [1.807, 2.05) is 0 Å². The van der Waals surface area contributed by atoms with Crippen molar-refractivity contribution < 1.29 is 9.47 Å². The van der Waals surface area contributed by atoms with Crippen LogP contribution in [0.25, 0.3) is 0 Å². The van der Waals surface area contributed by atoms with Gasteiger partial charge < -0.3 is 9.47 Å². The average Bonchev–Trinajstić information content (AvgIpc) is 2.64. The Balaban J connectivity index is 1.69. The van der Waals surface area contributed by atoms with Gasteiger partial charge in [0.05, 0.1) is 13.2 Å². The Hall–Kier alpha value is -0.570. The van der Waals surface area contributed by atoms with E-state index < -0.39 is 0 Å². The lowest BCUT2D eigenvalue weighted by atomic mass is 9.66. The highest BCUT2D eigenvalue weighted by Gasteiger charge is 2.34. The second-order valence-corrected chi connectivity index (χ2v) is 7.82. The molecule has 134 valence electrons. The van der Waals surface area contributed by atoms with Crippen LogP contribution in [0.1, 0.15) is 75.8 Å². The fourth-order valence-corrected chi connectivity index (χ4v) is 4.65.